The minimum atomic E-state index is 0.283. The number of ketones is 1. The van der Waals surface area contributed by atoms with Crippen LogP contribution in [-0.2, 0) is 11.2 Å². The van der Waals surface area contributed by atoms with Gasteiger partial charge >= 0.3 is 0 Å². The highest BCUT2D eigenvalue weighted by atomic mass is 79.9. The molecule has 0 spiro atoms. The third-order valence-corrected chi connectivity index (χ3v) is 3.23. The Morgan fingerprint density at radius 1 is 1.35 bits per heavy atom. The lowest BCUT2D eigenvalue weighted by Crippen LogP contribution is -2.22. The maximum absolute atomic E-state index is 10.8. The number of carbonyl (C=O) groups is 1. The van der Waals surface area contributed by atoms with Crippen LogP contribution in [0.2, 0.25) is 0 Å². The van der Waals surface area contributed by atoms with E-state index in [2.05, 4.69) is 46.1 Å². The van der Waals surface area contributed by atoms with Gasteiger partial charge in [0.05, 0.1) is 0 Å². The van der Waals surface area contributed by atoms with E-state index in [0.29, 0.717) is 6.42 Å². The number of hydrogen-bond donors (Lipinski definition) is 0. The lowest BCUT2D eigenvalue weighted by Gasteiger charge is -2.16. The second kappa shape index (κ2) is 7.62. The summed E-state index contributed by atoms with van der Waals surface area (Å²) in [6.07, 6.45) is 2.71. The van der Waals surface area contributed by atoms with E-state index >= 15 is 0 Å². The summed E-state index contributed by atoms with van der Waals surface area (Å²) in [4.78, 5) is 13.1. The molecule has 0 unspecified atom stereocenters. The highest BCUT2D eigenvalue weighted by Crippen LogP contribution is 2.12. The highest BCUT2D eigenvalue weighted by molar-refractivity contribution is 9.10. The van der Waals surface area contributed by atoms with E-state index in [9.17, 15) is 4.79 Å². The topological polar surface area (TPSA) is 20.3 Å². The van der Waals surface area contributed by atoms with E-state index < -0.39 is 0 Å². The van der Waals surface area contributed by atoms with Gasteiger partial charge in [0.15, 0.2) is 0 Å². The molecule has 3 heteroatoms. The summed E-state index contributed by atoms with van der Waals surface area (Å²) in [7, 11) is 2.11. The second-order valence-electron chi connectivity index (χ2n) is 4.49. The number of Topliss-reactive ketones (excluding diaryl/α,β-unsaturated/α-hetero) is 1. The lowest BCUT2D eigenvalue weighted by atomic mass is 10.1. The number of likely N-dealkylation sites (N-methyl/N-ethyl adjacent to an activating group) is 1. The first kappa shape index (κ1) is 14.4. The minimum Gasteiger partial charge on any atom is -0.306 e. The standard InChI is InChI=1S/C14H20BrNO/c1-12(17)5-4-9-16(2)10-8-13-6-3-7-14(15)11-13/h3,6-7,11H,4-5,8-10H2,1-2H3. The zero-order valence-corrected chi connectivity index (χ0v) is 12.2. The Balaban J connectivity index is 2.23. The molecule has 0 aromatic heterocycles. The van der Waals surface area contributed by atoms with Crippen molar-refractivity contribution in [3.05, 3.63) is 34.3 Å². The molecule has 1 aromatic rings. The maximum atomic E-state index is 10.8. The Morgan fingerprint density at radius 3 is 2.76 bits per heavy atom. The van der Waals surface area contributed by atoms with Gasteiger partial charge in [0, 0.05) is 17.4 Å². The van der Waals surface area contributed by atoms with Gasteiger partial charge in [-0.15, -0.1) is 0 Å². The first-order valence-corrected chi connectivity index (χ1v) is 6.79. The van der Waals surface area contributed by atoms with Crippen molar-refractivity contribution in [1.82, 2.24) is 4.90 Å². The van der Waals surface area contributed by atoms with E-state index in [1.165, 1.54) is 5.56 Å². The third kappa shape index (κ3) is 6.59. The molecule has 0 aliphatic rings. The van der Waals surface area contributed by atoms with Crippen LogP contribution in [0.5, 0.6) is 0 Å². The predicted octanol–water partition coefficient (Wildman–Crippen LogP) is 3.29. The van der Waals surface area contributed by atoms with Crippen LogP contribution < -0.4 is 0 Å². The summed E-state index contributed by atoms with van der Waals surface area (Å²) in [6.45, 7) is 3.68. The molecule has 0 aliphatic heterocycles. The zero-order chi connectivity index (χ0) is 12.7. The number of rotatable bonds is 7. The average Bonchev–Trinajstić information content (AvgIpc) is 2.26. The molecule has 0 amide bonds. The van der Waals surface area contributed by atoms with E-state index in [1.807, 2.05) is 6.07 Å². The molecule has 0 radical (unpaired) electrons. The number of hydrogen-bond acceptors (Lipinski definition) is 2. The molecule has 0 N–H and O–H groups in total. The molecule has 0 aliphatic carbocycles. The van der Waals surface area contributed by atoms with Crippen LogP contribution in [0.1, 0.15) is 25.3 Å². The molecule has 1 aromatic carbocycles. The summed E-state index contributed by atoms with van der Waals surface area (Å²) in [5.74, 6) is 0.283. The average molecular weight is 298 g/mol. The van der Waals surface area contributed by atoms with Gasteiger partial charge in [-0.25, -0.2) is 0 Å². The fourth-order valence-corrected chi connectivity index (χ4v) is 2.17. The number of carbonyl (C=O) groups excluding carboxylic acids is 1. The molecule has 94 valence electrons. The van der Waals surface area contributed by atoms with Gasteiger partial charge in [0.2, 0.25) is 0 Å². The molecule has 0 saturated carbocycles. The smallest absolute Gasteiger partial charge is 0.129 e. The van der Waals surface area contributed by atoms with Gasteiger partial charge in [0.25, 0.3) is 0 Å². The number of halogens is 1. The van der Waals surface area contributed by atoms with E-state index in [4.69, 9.17) is 0 Å². The van der Waals surface area contributed by atoms with Crippen molar-refractivity contribution < 1.29 is 4.79 Å². The summed E-state index contributed by atoms with van der Waals surface area (Å²) >= 11 is 3.48. The summed E-state index contributed by atoms with van der Waals surface area (Å²) in [5, 5.41) is 0. The summed E-state index contributed by atoms with van der Waals surface area (Å²) < 4.78 is 1.13. The van der Waals surface area contributed by atoms with Crippen LogP contribution in [0.3, 0.4) is 0 Å². The van der Waals surface area contributed by atoms with Crippen LogP contribution in [0.4, 0.5) is 0 Å². The Labute approximate surface area is 112 Å². The van der Waals surface area contributed by atoms with Crippen molar-refractivity contribution in [3.63, 3.8) is 0 Å². The predicted molar refractivity (Wildman–Crippen MR) is 75.3 cm³/mol. The molecular formula is C14H20BrNO. The van der Waals surface area contributed by atoms with Crippen molar-refractivity contribution in [1.29, 1.82) is 0 Å². The monoisotopic (exact) mass is 297 g/mol. The largest absolute Gasteiger partial charge is 0.306 e. The van der Waals surface area contributed by atoms with Crippen molar-refractivity contribution >= 4 is 21.7 Å². The third-order valence-electron chi connectivity index (χ3n) is 2.74. The van der Waals surface area contributed by atoms with E-state index in [0.717, 1.165) is 30.4 Å². The Kier molecular flexibility index (Phi) is 6.45. The van der Waals surface area contributed by atoms with Gasteiger partial charge in [-0.2, -0.15) is 0 Å². The fourth-order valence-electron chi connectivity index (χ4n) is 1.72. The first-order valence-electron chi connectivity index (χ1n) is 6.00. The van der Waals surface area contributed by atoms with Crippen LogP contribution in [-0.4, -0.2) is 30.8 Å². The normalized spacial score (nSPS) is 10.8. The molecule has 2 nitrogen and oxygen atoms in total. The van der Waals surface area contributed by atoms with Gasteiger partial charge in [-0.05, 0) is 51.1 Å². The zero-order valence-electron chi connectivity index (χ0n) is 10.6. The molecule has 0 saturated heterocycles. The van der Waals surface area contributed by atoms with Gasteiger partial charge < -0.3 is 9.69 Å². The van der Waals surface area contributed by atoms with E-state index in [1.54, 1.807) is 6.92 Å². The van der Waals surface area contributed by atoms with Crippen LogP contribution >= 0.6 is 15.9 Å². The molecule has 0 heterocycles. The van der Waals surface area contributed by atoms with E-state index in [-0.39, 0.29) is 5.78 Å². The SMILES string of the molecule is CC(=O)CCCN(C)CCc1cccc(Br)c1. The Bertz CT molecular complexity index is 365. The van der Waals surface area contributed by atoms with Crippen molar-refractivity contribution in [2.45, 2.75) is 26.2 Å². The fraction of sp³-hybridized carbons (Fsp3) is 0.500. The molecule has 1 rings (SSSR count). The van der Waals surface area contributed by atoms with Crippen LogP contribution in [0.25, 0.3) is 0 Å². The van der Waals surface area contributed by atoms with Crippen molar-refractivity contribution in [2.24, 2.45) is 0 Å². The number of nitrogens with zero attached hydrogens (tertiary/aromatic N) is 1. The second-order valence-corrected chi connectivity index (χ2v) is 5.40. The summed E-state index contributed by atoms with van der Waals surface area (Å²) in [6, 6.07) is 8.41. The maximum Gasteiger partial charge on any atom is 0.129 e. The Morgan fingerprint density at radius 2 is 2.12 bits per heavy atom. The lowest BCUT2D eigenvalue weighted by molar-refractivity contribution is -0.117. The molecular weight excluding hydrogens is 278 g/mol. The quantitative estimate of drug-likeness (QED) is 0.770. The molecule has 0 atom stereocenters. The van der Waals surface area contributed by atoms with Gasteiger partial charge in [0.1, 0.15) is 5.78 Å². The van der Waals surface area contributed by atoms with Crippen LogP contribution in [0.15, 0.2) is 28.7 Å². The first-order chi connectivity index (χ1) is 8.08. The van der Waals surface area contributed by atoms with Crippen LogP contribution in [0, 0.1) is 0 Å². The van der Waals surface area contributed by atoms with Gasteiger partial charge in [-0.1, -0.05) is 28.1 Å². The van der Waals surface area contributed by atoms with Gasteiger partial charge in [-0.3, -0.25) is 0 Å². The summed E-state index contributed by atoms with van der Waals surface area (Å²) in [5.41, 5.74) is 1.35. The Hall–Kier alpha value is -0.670. The molecule has 0 fully saturated rings. The molecule has 0 bridgehead atoms. The van der Waals surface area contributed by atoms with Crippen molar-refractivity contribution in [2.75, 3.05) is 20.1 Å². The number of benzene rings is 1. The minimum absolute atomic E-state index is 0.283. The molecule has 17 heavy (non-hydrogen) atoms. The van der Waals surface area contributed by atoms with Crippen molar-refractivity contribution in [3.8, 4) is 0 Å². The highest BCUT2D eigenvalue weighted by Gasteiger charge is 2.01.